The molecule has 0 saturated carbocycles. The number of hydrogen-bond donors (Lipinski definition) is 1. The quantitative estimate of drug-likeness (QED) is 0.492. The van der Waals surface area contributed by atoms with Crippen molar-refractivity contribution in [2.45, 2.75) is 45.1 Å². The van der Waals surface area contributed by atoms with Gasteiger partial charge in [0, 0.05) is 34.2 Å². The van der Waals surface area contributed by atoms with Crippen molar-refractivity contribution >= 4 is 23.1 Å². The third-order valence-corrected chi connectivity index (χ3v) is 7.29. The van der Waals surface area contributed by atoms with Gasteiger partial charge in [-0.3, -0.25) is 4.79 Å². The number of esters is 1. The molecular formula is C27H25NO4S. The van der Waals surface area contributed by atoms with Crippen LogP contribution in [0.25, 0.3) is 0 Å². The smallest absolute Gasteiger partial charge is 0.337 e. The van der Waals surface area contributed by atoms with Crippen LogP contribution < -0.4 is 5.32 Å². The van der Waals surface area contributed by atoms with Gasteiger partial charge in [0.1, 0.15) is 18.1 Å². The number of ether oxygens (including phenoxy) is 1. The fourth-order valence-corrected chi connectivity index (χ4v) is 5.56. The summed E-state index contributed by atoms with van der Waals surface area (Å²) in [5.74, 6) is 0.498. The van der Waals surface area contributed by atoms with Gasteiger partial charge in [0.25, 0.3) is 0 Å². The number of carbonyl (C=O) groups is 2. The van der Waals surface area contributed by atoms with Gasteiger partial charge in [-0.25, -0.2) is 4.79 Å². The number of ketones is 1. The molecule has 2 aliphatic rings. The lowest BCUT2D eigenvalue weighted by Gasteiger charge is -2.35. The van der Waals surface area contributed by atoms with Crippen LogP contribution >= 0.6 is 11.3 Å². The Labute approximate surface area is 196 Å². The minimum absolute atomic E-state index is 0.0436. The molecule has 6 heteroatoms. The second-order valence-corrected chi connectivity index (χ2v) is 9.52. The summed E-state index contributed by atoms with van der Waals surface area (Å²) in [6, 6.07) is 17.4. The highest BCUT2D eigenvalue weighted by atomic mass is 32.1. The first-order valence-electron chi connectivity index (χ1n) is 11.1. The predicted octanol–water partition coefficient (Wildman–Crippen LogP) is 5.75. The average molecular weight is 460 g/mol. The number of thiophene rings is 1. The number of hydrogen-bond acceptors (Lipinski definition) is 6. The molecule has 0 saturated heterocycles. The molecule has 1 aliphatic heterocycles. The molecule has 1 aliphatic carbocycles. The molecule has 168 valence electrons. The van der Waals surface area contributed by atoms with E-state index in [9.17, 15) is 9.59 Å². The van der Waals surface area contributed by atoms with Crippen molar-refractivity contribution in [1.82, 2.24) is 5.32 Å². The zero-order chi connectivity index (χ0) is 22.9. The molecule has 3 heterocycles. The molecule has 0 amide bonds. The van der Waals surface area contributed by atoms with Crippen LogP contribution in [0.5, 0.6) is 0 Å². The van der Waals surface area contributed by atoms with E-state index in [-0.39, 0.29) is 18.3 Å². The van der Waals surface area contributed by atoms with Crippen LogP contribution in [-0.2, 0) is 20.9 Å². The van der Waals surface area contributed by atoms with E-state index in [4.69, 9.17) is 9.15 Å². The maximum absolute atomic E-state index is 13.5. The van der Waals surface area contributed by atoms with Crippen LogP contribution in [-0.4, -0.2) is 11.8 Å². The normalized spacial score (nSPS) is 20.5. The van der Waals surface area contributed by atoms with Gasteiger partial charge >= 0.3 is 5.97 Å². The van der Waals surface area contributed by atoms with E-state index in [1.165, 1.54) is 4.88 Å². The van der Waals surface area contributed by atoms with Gasteiger partial charge in [-0.15, -0.1) is 11.3 Å². The minimum atomic E-state index is -0.574. The molecule has 0 radical (unpaired) electrons. The van der Waals surface area contributed by atoms with E-state index in [2.05, 4.69) is 11.4 Å². The summed E-state index contributed by atoms with van der Waals surface area (Å²) in [6.45, 7) is 3.89. The summed E-state index contributed by atoms with van der Waals surface area (Å²) in [5, 5.41) is 5.42. The predicted molar refractivity (Wildman–Crippen MR) is 127 cm³/mol. The van der Waals surface area contributed by atoms with Gasteiger partial charge < -0.3 is 14.5 Å². The Morgan fingerprint density at radius 2 is 1.91 bits per heavy atom. The molecule has 1 aromatic carbocycles. The Morgan fingerprint density at radius 1 is 1.09 bits per heavy atom. The molecule has 1 N–H and O–H groups in total. The summed E-state index contributed by atoms with van der Waals surface area (Å²) in [5.41, 5.74) is 3.54. The average Bonchev–Trinajstić information content (AvgIpc) is 3.49. The highest BCUT2D eigenvalue weighted by Crippen LogP contribution is 2.46. The van der Waals surface area contributed by atoms with Gasteiger partial charge in [-0.2, -0.15) is 0 Å². The molecule has 0 fully saturated rings. The van der Waals surface area contributed by atoms with Gasteiger partial charge in [-0.1, -0.05) is 36.4 Å². The monoisotopic (exact) mass is 459 g/mol. The Bertz CT molecular complexity index is 1250. The molecule has 5 rings (SSSR count). The van der Waals surface area contributed by atoms with E-state index in [1.807, 2.05) is 67.8 Å². The summed E-state index contributed by atoms with van der Waals surface area (Å²) >= 11 is 1.67. The zero-order valence-corrected chi connectivity index (χ0v) is 19.4. The number of carbonyl (C=O) groups excluding carboxylic acids is 2. The summed E-state index contributed by atoms with van der Waals surface area (Å²) in [4.78, 5) is 28.0. The molecule has 0 spiro atoms. The lowest BCUT2D eigenvalue weighted by molar-refractivity contribution is -0.140. The Hall–Kier alpha value is -3.38. The molecular weight excluding hydrogens is 434 g/mol. The van der Waals surface area contributed by atoms with Crippen molar-refractivity contribution in [2.24, 2.45) is 0 Å². The third-order valence-electron chi connectivity index (χ3n) is 6.25. The van der Waals surface area contributed by atoms with Crippen LogP contribution in [0, 0.1) is 6.92 Å². The van der Waals surface area contributed by atoms with Crippen molar-refractivity contribution < 1.29 is 18.7 Å². The molecule has 0 bridgehead atoms. The fourth-order valence-electron chi connectivity index (χ4n) is 4.73. The maximum atomic E-state index is 13.5. The second kappa shape index (κ2) is 8.87. The summed E-state index contributed by atoms with van der Waals surface area (Å²) in [7, 11) is 0. The lowest BCUT2D eigenvalue weighted by Crippen LogP contribution is -2.35. The first-order valence-corrected chi connectivity index (χ1v) is 11.9. The first kappa shape index (κ1) is 21.5. The number of benzene rings is 1. The molecule has 5 nitrogen and oxygen atoms in total. The van der Waals surface area contributed by atoms with Crippen molar-refractivity contribution in [3.05, 3.63) is 104 Å². The van der Waals surface area contributed by atoms with E-state index in [0.717, 1.165) is 23.4 Å². The maximum Gasteiger partial charge on any atom is 0.337 e. The standard InChI is InChI=1S/C27H25NO4S/c1-16-10-11-22(32-16)26-24(27(30)31-15-18-7-4-3-5-8-18)17(2)28-20-13-19(14-21(29)25(20)26)23-9-6-12-33-23/h3-12,19,26,28H,13-15H2,1-2H3/t19-,26+/m1/s1. The van der Waals surface area contributed by atoms with Crippen molar-refractivity contribution in [2.75, 3.05) is 0 Å². The SMILES string of the molecule is CC1=C(C(=O)OCc2ccccc2)[C@H](c2ccc(C)o2)C2=C(C[C@@H](c3cccs3)CC2=O)N1. The highest BCUT2D eigenvalue weighted by Gasteiger charge is 2.43. The van der Waals surface area contributed by atoms with E-state index < -0.39 is 11.9 Å². The van der Waals surface area contributed by atoms with Crippen LogP contribution in [0.1, 0.15) is 53.6 Å². The number of furan rings is 1. The van der Waals surface area contributed by atoms with Gasteiger partial charge in [0.05, 0.1) is 11.5 Å². The third kappa shape index (κ3) is 4.18. The Morgan fingerprint density at radius 3 is 2.61 bits per heavy atom. The van der Waals surface area contributed by atoms with Gasteiger partial charge in [0.2, 0.25) is 0 Å². The van der Waals surface area contributed by atoms with Crippen molar-refractivity contribution in [3.8, 4) is 0 Å². The number of Topliss-reactive ketones (excluding diaryl/α,β-unsaturated/α-hetero) is 1. The zero-order valence-electron chi connectivity index (χ0n) is 18.6. The topological polar surface area (TPSA) is 68.5 Å². The Balaban J connectivity index is 1.50. The molecule has 2 atom stereocenters. The lowest BCUT2D eigenvalue weighted by atomic mass is 9.74. The summed E-state index contributed by atoms with van der Waals surface area (Å²) in [6.07, 6.45) is 1.14. The highest BCUT2D eigenvalue weighted by molar-refractivity contribution is 7.10. The van der Waals surface area contributed by atoms with Gasteiger partial charge in [-0.05, 0) is 49.4 Å². The van der Waals surface area contributed by atoms with Gasteiger partial charge in [0.15, 0.2) is 5.78 Å². The molecule has 0 unspecified atom stereocenters. The van der Waals surface area contributed by atoms with Crippen LogP contribution in [0.15, 0.2) is 86.9 Å². The molecule has 3 aromatic rings. The number of allylic oxidation sites excluding steroid dienone is 3. The number of nitrogens with one attached hydrogen (secondary N) is 1. The first-order chi connectivity index (χ1) is 16.0. The number of dihydropyridines is 1. The van der Waals surface area contributed by atoms with Crippen molar-refractivity contribution in [3.63, 3.8) is 0 Å². The fraction of sp³-hybridized carbons (Fsp3) is 0.259. The van der Waals surface area contributed by atoms with Crippen LogP contribution in [0.2, 0.25) is 0 Å². The largest absolute Gasteiger partial charge is 0.465 e. The second-order valence-electron chi connectivity index (χ2n) is 8.54. The Kier molecular flexibility index (Phi) is 5.77. The summed E-state index contributed by atoms with van der Waals surface area (Å²) < 4.78 is 11.6. The minimum Gasteiger partial charge on any atom is -0.465 e. The van der Waals surface area contributed by atoms with E-state index in [1.54, 1.807) is 11.3 Å². The number of aryl methyl sites for hydroxylation is 1. The van der Waals surface area contributed by atoms with Crippen LogP contribution in [0.4, 0.5) is 0 Å². The number of rotatable bonds is 5. The molecule has 33 heavy (non-hydrogen) atoms. The van der Waals surface area contributed by atoms with Crippen LogP contribution in [0.3, 0.4) is 0 Å². The molecule has 2 aromatic heterocycles. The van der Waals surface area contributed by atoms with Crippen molar-refractivity contribution in [1.29, 1.82) is 0 Å². The van der Waals surface area contributed by atoms with E-state index in [0.29, 0.717) is 29.0 Å². The van der Waals surface area contributed by atoms with E-state index >= 15 is 0 Å².